The molecule has 3 aromatic rings. The lowest BCUT2D eigenvalue weighted by atomic mass is 10.0. The molecule has 0 aliphatic carbocycles. The summed E-state index contributed by atoms with van der Waals surface area (Å²) in [5.41, 5.74) is 1.34. The molecule has 3 aromatic carbocycles. The van der Waals surface area contributed by atoms with Crippen LogP contribution in [-0.4, -0.2) is 34.9 Å². The van der Waals surface area contributed by atoms with Crippen molar-refractivity contribution in [3.05, 3.63) is 100 Å². The number of nitrogens with zero attached hydrogens (tertiary/aromatic N) is 1. The molecule has 0 saturated carbocycles. The van der Waals surface area contributed by atoms with Gasteiger partial charge in [-0.25, -0.2) is 0 Å². The van der Waals surface area contributed by atoms with Crippen LogP contribution in [0.1, 0.15) is 31.9 Å². The number of hydrogen-bond acceptors (Lipinski definition) is 3. The largest absolute Gasteiger partial charge is 0.484 e. The van der Waals surface area contributed by atoms with Crippen molar-refractivity contribution in [2.75, 3.05) is 6.61 Å². The van der Waals surface area contributed by atoms with Crippen LogP contribution in [-0.2, 0) is 22.6 Å². The van der Waals surface area contributed by atoms with E-state index >= 15 is 0 Å². The Hall–Kier alpha value is -3.02. The topological polar surface area (TPSA) is 58.6 Å². The van der Waals surface area contributed by atoms with E-state index in [9.17, 15) is 9.59 Å². The third-order valence-corrected chi connectivity index (χ3v) is 5.68. The number of carbonyl (C=O) groups is 2. The standard InChI is InChI=1S/C28H30Cl2N2O3/c1-28(2,3)31-27(34)25(16-20-8-5-4-6-9-20)32(18-21-12-14-22(29)15-13-21)26(33)19-35-24-11-7-10-23(30)17-24/h4-15,17,25H,16,18-19H2,1-3H3,(H,31,34)/t25-/m1/s1. The number of nitrogens with one attached hydrogen (secondary N) is 1. The SMILES string of the molecule is CC(C)(C)NC(=O)[C@@H](Cc1ccccc1)N(Cc1ccc(Cl)cc1)C(=O)COc1cccc(Cl)c1. The number of carbonyl (C=O) groups excluding carboxylic acids is 2. The lowest BCUT2D eigenvalue weighted by Crippen LogP contribution is -2.55. The molecule has 0 aliphatic heterocycles. The first kappa shape index (κ1) is 26.6. The van der Waals surface area contributed by atoms with Crippen molar-refractivity contribution in [1.29, 1.82) is 0 Å². The zero-order chi connectivity index (χ0) is 25.4. The third kappa shape index (κ3) is 8.61. The summed E-state index contributed by atoms with van der Waals surface area (Å²) in [5.74, 6) is -0.0626. The maximum absolute atomic E-state index is 13.5. The van der Waals surface area contributed by atoms with Crippen molar-refractivity contribution >= 4 is 35.0 Å². The van der Waals surface area contributed by atoms with Gasteiger partial charge in [0.15, 0.2) is 6.61 Å². The second kappa shape index (κ2) is 12.1. The average molecular weight is 513 g/mol. The molecule has 184 valence electrons. The van der Waals surface area contributed by atoms with Crippen LogP contribution in [0.3, 0.4) is 0 Å². The van der Waals surface area contributed by atoms with E-state index in [1.165, 1.54) is 0 Å². The van der Waals surface area contributed by atoms with Crippen LogP contribution >= 0.6 is 23.2 Å². The van der Waals surface area contributed by atoms with Crippen LogP contribution < -0.4 is 10.1 Å². The minimum atomic E-state index is -0.747. The quantitative estimate of drug-likeness (QED) is 0.386. The summed E-state index contributed by atoms with van der Waals surface area (Å²) < 4.78 is 5.74. The summed E-state index contributed by atoms with van der Waals surface area (Å²) in [4.78, 5) is 28.6. The summed E-state index contributed by atoms with van der Waals surface area (Å²) in [6.07, 6.45) is 0.360. The molecule has 0 heterocycles. The first-order valence-electron chi connectivity index (χ1n) is 11.4. The fraction of sp³-hybridized carbons (Fsp3) is 0.286. The number of rotatable bonds is 9. The minimum absolute atomic E-state index is 0.226. The monoisotopic (exact) mass is 512 g/mol. The van der Waals surface area contributed by atoms with Crippen molar-refractivity contribution in [2.45, 2.75) is 45.3 Å². The van der Waals surface area contributed by atoms with E-state index in [-0.39, 0.29) is 25.0 Å². The van der Waals surface area contributed by atoms with Crippen LogP contribution in [0.5, 0.6) is 5.75 Å². The zero-order valence-electron chi connectivity index (χ0n) is 20.1. The van der Waals surface area contributed by atoms with Gasteiger partial charge in [-0.3, -0.25) is 9.59 Å². The van der Waals surface area contributed by atoms with Gasteiger partial charge in [-0.05, 0) is 62.2 Å². The van der Waals surface area contributed by atoms with Crippen LogP contribution in [0, 0.1) is 0 Å². The fourth-order valence-electron chi connectivity index (χ4n) is 3.58. The van der Waals surface area contributed by atoms with Gasteiger partial charge in [0.2, 0.25) is 5.91 Å². The predicted molar refractivity (Wildman–Crippen MR) is 141 cm³/mol. The molecule has 2 amide bonds. The summed E-state index contributed by atoms with van der Waals surface area (Å²) in [7, 11) is 0. The molecule has 0 spiro atoms. The Kier molecular flexibility index (Phi) is 9.19. The van der Waals surface area contributed by atoms with E-state index in [1.807, 2.05) is 63.2 Å². The highest BCUT2D eigenvalue weighted by atomic mass is 35.5. The Bertz CT molecular complexity index is 1130. The minimum Gasteiger partial charge on any atom is -0.484 e. The van der Waals surface area contributed by atoms with Crippen molar-refractivity contribution in [1.82, 2.24) is 10.2 Å². The summed E-state index contributed by atoms with van der Waals surface area (Å²) in [5, 5.41) is 4.15. The summed E-state index contributed by atoms with van der Waals surface area (Å²) in [6.45, 7) is 5.74. The maximum atomic E-state index is 13.5. The summed E-state index contributed by atoms with van der Waals surface area (Å²) >= 11 is 12.1. The molecular weight excluding hydrogens is 483 g/mol. The van der Waals surface area contributed by atoms with Gasteiger partial charge in [-0.1, -0.05) is 71.7 Å². The highest BCUT2D eigenvalue weighted by Crippen LogP contribution is 2.20. The van der Waals surface area contributed by atoms with Crippen LogP contribution in [0.25, 0.3) is 0 Å². The number of ether oxygens (including phenoxy) is 1. The molecule has 0 radical (unpaired) electrons. The first-order valence-corrected chi connectivity index (χ1v) is 12.1. The molecule has 1 N–H and O–H groups in total. The van der Waals surface area contributed by atoms with Crippen LogP contribution in [0.15, 0.2) is 78.9 Å². The summed E-state index contributed by atoms with van der Waals surface area (Å²) in [6, 6.07) is 23.0. The molecule has 0 aliphatic rings. The molecule has 1 atom stereocenters. The highest BCUT2D eigenvalue weighted by molar-refractivity contribution is 6.30. The van der Waals surface area contributed by atoms with E-state index in [0.717, 1.165) is 11.1 Å². The Morgan fingerprint density at radius 3 is 2.20 bits per heavy atom. The fourth-order valence-corrected chi connectivity index (χ4v) is 3.88. The molecule has 0 aromatic heterocycles. The molecular formula is C28H30Cl2N2O3. The van der Waals surface area contributed by atoms with E-state index in [4.69, 9.17) is 27.9 Å². The van der Waals surface area contributed by atoms with E-state index in [0.29, 0.717) is 22.2 Å². The van der Waals surface area contributed by atoms with Crippen LogP contribution in [0.2, 0.25) is 10.0 Å². The molecule has 5 nitrogen and oxygen atoms in total. The highest BCUT2D eigenvalue weighted by Gasteiger charge is 2.32. The molecule has 0 bridgehead atoms. The molecule has 0 unspecified atom stereocenters. The number of amides is 2. The second-order valence-electron chi connectivity index (χ2n) is 9.34. The second-order valence-corrected chi connectivity index (χ2v) is 10.2. The van der Waals surface area contributed by atoms with E-state index in [2.05, 4.69) is 5.32 Å². The number of halogens is 2. The van der Waals surface area contributed by atoms with Gasteiger partial charge in [0.05, 0.1) is 0 Å². The van der Waals surface area contributed by atoms with Crippen LogP contribution in [0.4, 0.5) is 0 Å². The van der Waals surface area contributed by atoms with Crippen molar-refractivity contribution in [3.63, 3.8) is 0 Å². The normalized spacial score (nSPS) is 12.0. The van der Waals surface area contributed by atoms with Gasteiger partial charge in [0, 0.05) is 28.5 Å². The Morgan fingerprint density at radius 2 is 1.57 bits per heavy atom. The van der Waals surface area contributed by atoms with E-state index < -0.39 is 11.6 Å². The first-order chi connectivity index (χ1) is 16.6. The number of hydrogen-bond donors (Lipinski definition) is 1. The molecule has 3 rings (SSSR count). The Balaban J connectivity index is 1.92. The lowest BCUT2D eigenvalue weighted by Gasteiger charge is -2.33. The third-order valence-electron chi connectivity index (χ3n) is 5.19. The van der Waals surface area contributed by atoms with Crippen molar-refractivity contribution < 1.29 is 14.3 Å². The van der Waals surface area contributed by atoms with Crippen molar-refractivity contribution in [3.8, 4) is 5.75 Å². The van der Waals surface area contributed by atoms with E-state index in [1.54, 1.807) is 41.3 Å². The maximum Gasteiger partial charge on any atom is 0.261 e. The van der Waals surface area contributed by atoms with Gasteiger partial charge in [-0.15, -0.1) is 0 Å². The van der Waals surface area contributed by atoms with Gasteiger partial charge in [-0.2, -0.15) is 0 Å². The lowest BCUT2D eigenvalue weighted by molar-refractivity contribution is -0.143. The van der Waals surface area contributed by atoms with Gasteiger partial charge >= 0.3 is 0 Å². The molecule has 35 heavy (non-hydrogen) atoms. The molecule has 7 heteroatoms. The Morgan fingerprint density at radius 1 is 0.886 bits per heavy atom. The van der Waals surface area contributed by atoms with Gasteiger partial charge < -0.3 is 15.0 Å². The number of benzene rings is 3. The smallest absolute Gasteiger partial charge is 0.261 e. The van der Waals surface area contributed by atoms with Crippen molar-refractivity contribution in [2.24, 2.45) is 0 Å². The average Bonchev–Trinajstić information content (AvgIpc) is 2.80. The zero-order valence-corrected chi connectivity index (χ0v) is 21.6. The molecule has 0 saturated heterocycles. The Labute approximate surface area is 217 Å². The predicted octanol–water partition coefficient (Wildman–Crippen LogP) is 5.93. The van der Waals surface area contributed by atoms with Gasteiger partial charge in [0.25, 0.3) is 5.91 Å². The van der Waals surface area contributed by atoms with Gasteiger partial charge in [0.1, 0.15) is 11.8 Å². The molecule has 0 fully saturated rings.